The predicted molar refractivity (Wildman–Crippen MR) is 35.7 cm³/mol. The van der Waals surface area contributed by atoms with Gasteiger partial charge in [0, 0.05) is 32.7 Å². The molecule has 0 unspecified atom stereocenters. The second-order valence-corrected chi connectivity index (χ2v) is 2.98. The van der Waals surface area contributed by atoms with Crippen molar-refractivity contribution in [3.8, 4) is 0 Å². The van der Waals surface area contributed by atoms with E-state index in [2.05, 4.69) is 0 Å². The molecule has 0 rings (SSSR count). The van der Waals surface area contributed by atoms with Crippen molar-refractivity contribution in [3.05, 3.63) is 0 Å². The van der Waals surface area contributed by atoms with E-state index in [-0.39, 0.29) is 38.8 Å². The summed E-state index contributed by atoms with van der Waals surface area (Å²) in [5, 5.41) is 9.20. The minimum absolute atomic E-state index is 0. The third kappa shape index (κ3) is 5.51. The van der Waals surface area contributed by atoms with Crippen LogP contribution in [0.25, 0.3) is 0 Å². The molecule has 0 saturated carbocycles. The van der Waals surface area contributed by atoms with Gasteiger partial charge >= 0.3 is 0 Å². The molecule has 1 N–H and O–H groups in total. The Kier molecular flexibility index (Phi) is 8.22. The van der Waals surface area contributed by atoms with E-state index in [1.54, 1.807) is 0 Å². The van der Waals surface area contributed by atoms with Crippen molar-refractivity contribution < 1.29 is 37.8 Å². The summed E-state index contributed by atoms with van der Waals surface area (Å²) in [7, 11) is 0. The topological polar surface area (TPSA) is 20.2 Å². The molecule has 0 bridgehead atoms. The Hall–Kier alpha value is 1.06. The second-order valence-electron chi connectivity index (χ2n) is 2.98. The Bertz CT molecular complexity index is 53.9. The summed E-state index contributed by atoms with van der Waals surface area (Å²) in [6.45, 7) is 8.13. The molecule has 1 radical (unpaired) electrons. The molecule has 53 valence electrons. The van der Waals surface area contributed by atoms with Gasteiger partial charge in [-0.3, -0.25) is 0 Å². The number of rotatable bonds is 2. The SMILES string of the molecule is CC(C)C(O)C(C)C.[Y]. The molecule has 0 aromatic heterocycles. The molecule has 0 fully saturated rings. The van der Waals surface area contributed by atoms with E-state index in [0.717, 1.165) is 0 Å². The maximum Gasteiger partial charge on any atom is 0.0586 e. The van der Waals surface area contributed by atoms with Crippen LogP contribution in [0.15, 0.2) is 0 Å². The molecule has 0 spiro atoms. The van der Waals surface area contributed by atoms with Crippen LogP contribution in [0.3, 0.4) is 0 Å². The molecule has 9 heavy (non-hydrogen) atoms. The van der Waals surface area contributed by atoms with Gasteiger partial charge < -0.3 is 5.11 Å². The third-order valence-electron chi connectivity index (χ3n) is 1.37. The van der Waals surface area contributed by atoms with E-state index in [9.17, 15) is 5.11 Å². The number of aliphatic hydroxyl groups excluding tert-OH is 1. The summed E-state index contributed by atoms with van der Waals surface area (Å²) in [5.41, 5.74) is 0. The zero-order valence-corrected chi connectivity index (χ0v) is 9.59. The first-order valence-electron chi connectivity index (χ1n) is 3.23. The van der Waals surface area contributed by atoms with E-state index in [0.29, 0.717) is 11.8 Å². The van der Waals surface area contributed by atoms with Crippen molar-refractivity contribution in [3.63, 3.8) is 0 Å². The Labute approximate surface area is 83.1 Å². The van der Waals surface area contributed by atoms with Gasteiger partial charge in [-0.25, -0.2) is 0 Å². The molecule has 0 saturated heterocycles. The molecular weight excluding hydrogens is 189 g/mol. The molecule has 1 nitrogen and oxygen atoms in total. The Balaban J connectivity index is 0. The molecule has 0 atom stereocenters. The van der Waals surface area contributed by atoms with Crippen LogP contribution in [-0.2, 0) is 32.7 Å². The summed E-state index contributed by atoms with van der Waals surface area (Å²) in [5.74, 6) is 0.796. The van der Waals surface area contributed by atoms with Crippen molar-refractivity contribution in [1.82, 2.24) is 0 Å². The maximum atomic E-state index is 9.20. The van der Waals surface area contributed by atoms with Gasteiger partial charge in [0.2, 0.25) is 0 Å². The Morgan fingerprint density at radius 2 is 1.11 bits per heavy atom. The molecule has 2 heteroatoms. The Morgan fingerprint density at radius 1 is 0.889 bits per heavy atom. The normalized spacial score (nSPS) is 10.7. The smallest absolute Gasteiger partial charge is 0.0586 e. The van der Waals surface area contributed by atoms with Gasteiger partial charge in [0.05, 0.1) is 6.10 Å². The van der Waals surface area contributed by atoms with Crippen LogP contribution >= 0.6 is 0 Å². The van der Waals surface area contributed by atoms with Gasteiger partial charge in [0.1, 0.15) is 0 Å². The Morgan fingerprint density at radius 3 is 1.11 bits per heavy atom. The van der Waals surface area contributed by atoms with Crippen molar-refractivity contribution in [2.75, 3.05) is 0 Å². The van der Waals surface area contributed by atoms with Crippen LogP contribution in [0, 0.1) is 11.8 Å². The first-order chi connectivity index (χ1) is 3.55. The van der Waals surface area contributed by atoms with Crippen molar-refractivity contribution >= 4 is 0 Å². The standard InChI is InChI=1S/C7H16O.Y/c1-5(2)7(8)6(3)4;/h5-8H,1-4H3;. The van der Waals surface area contributed by atoms with E-state index >= 15 is 0 Å². The fourth-order valence-electron chi connectivity index (χ4n) is 0.770. The number of hydrogen-bond donors (Lipinski definition) is 1. The van der Waals surface area contributed by atoms with E-state index in [1.165, 1.54) is 0 Å². The average Bonchev–Trinajstić information content (AvgIpc) is 1.64. The minimum Gasteiger partial charge on any atom is -0.393 e. The van der Waals surface area contributed by atoms with Gasteiger partial charge in [0.15, 0.2) is 0 Å². The van der Waals surface area contributed by atoms with Gasteiger partial charge in [-0.05, 0) is 11.8 Å². The summed E-state index contributed by atoms with van der Waals surface area (Å²) >= 11 is 0. The van der Waals surface area contributed by atoms with Crippen molar-refractivity contribution in [2.45, 2.75) is 33.8 Å². The molecule has 0 aliphatic carbocycles. The van der Waals surface area contributed by atoms with Crippen molar-refractivity contribution in [1.29, 1.82) is 0 Å². The van der Waals surface area contributed by atoms with Gasteiger partial charge in [-0.1, -0.05) is 27.7 Å². The van der Waals surface area contributed by atoms with E-state index in [4.69, 9.17) is 0 Å². The first kappa shape index (κ1) is 12.7. The largest absolute Gasteiger partial charge is 0.393 e. The molecule has 0 aromatic rings. The molecule has 0 aliphatic rings. The van der Waals surface area contributed by atoms with Crippen LogP contribution < -0.4 is 0 Å². The fourth-order valence-corrected chi connectivity index (χ4v) is 0.770. The molecule has 0 heterocycles. The average molecular weight is 205 g/mol. The zero-order valence-electron chi connectivity index (χ0n) is 6.76. The first-order valence-corrected chi connectivity index (χ1v) is 3.23. The van der Waals surface area contributed by atoms with Gasteiger partial charge in [-0.15, -0.1) is 0 Å². The quantitative estimate of drug-likeness (QED) is 0.726. The number of hydrogen-bond acceptors (Lipinski definition) is 1. The minimum atomic E-state index is -0.130. The third-order valence-corrected chi connectivity index (χ3v) is 1.37. The van der Waals surface area contributed by atoms with Crippen LogP contribution in [0.5, 0.6) is 0 Å². The zero-order chi connectivity index (χ0) is 6.73. The van der Waals surface area contributed by atoms with Crippen LogP contribution in [-0.4, -0.2) is 11.2 Å². The van der Waals surface area contributed by atoms with E-state index < -0.39 is 0 Å². The molecule has 0 aliphatic heterocycles. The van der Waals surface area contributed by atoms with E-state index in [1.807, 2.05) is 27.7 Å². The van der Waals surface area contributed by atoms with Crippen LogP contribution in [0.1, 0.15) is 27.7 Å². The second kappa shape index (κ2) is 5.82. The van der Waals surface area contributed by atoms with Gasteiger partial charge in [0.25, 0.3) is 0 Å². The number of aliphatic hydroxyl groups is 1. The maximum absolute atomic E-state index is 9.20. The summed E-state index contributed by atoms with van der Waals surface area (Å²) in [6, 6.07) is 0. The molecular formula is C7H16OY. The van der Waals surface area contributed by atoms with Gasteiger partial charge in [-0.2, -0.15) is 0 Å². The molecule has 0 amide bonds. The molecule has 0 aromatic carbocycles. The summed E-state index contributed by atoms with van der Waals surface area (Å²) in [6.07, 6.45) is -0.130. The van der Waals surface area contributed by atoms with Crippen LogP contribution in [0.2, 0.25) is 0 Å². The summed E-state index contributed by atoms with van der Waals surface area (Å²) < 4.78 is 0. The van der Waals surface area contributed by atoms with Crippen molar-refractivity contribution in [2.24, 2.45) is 11.8 Å². The fraction of sp³-hybridized carbons (Fsp3) is 1.00. The predicted octanol–water partition coefficient (Wildman–Crippen LogP) is 1.66. The summed E-state index contributed by atoms with van der Waals surface area (Å²) in [4.78, 5) is 0. The van der Waals surface area contributed by atoms with Crippen LogP contribution in [0.4, 0.5) is 0 Å². The monoisotopic (exact) mass is 205 g/mol.